The molecule has 0 saturated carbocycles. The molecule has 0 bridgehead atoms. The number of nitrogens with zero attached hydrogens (tertiary/aromatic N) is 1. The van der Waals surface area contributed by atoms with Gasteiger partial charge in [-0.2, -0.15) is 0 Å². The summed E-state index contributed by atoms with van der Waals surface area (Å²) in [5.41, 5.74) is 5.69. The number of hydrogen-bond donors (Lipinski definition) is 1. The Balaban J connectivity index is 0.00000242. The first-order valence-corrected chi connectivity index (χ1v) is 7.51. The Labute approximate surface area is 138 Å². The van der Waals surface area contributed by atoms with Gasteiger partial charge in [0.2, 0.25) is 5.91 Å². The van der Waals surface area contributed by atoms with Crippen LogP contribution in [0.3, 0.4) is 0 Å². The van der Waals surface area contributed by atoms with Crippen LogP contribution < -0.4 is 15.2 Å². The molecule has 2 rings (SSSR count). The van der Waals surface area contributed by atoms with Gasteiger partial charge < -0.3 is 20.1 Å². The highest BCUT2D eigenvalue weighted by molar-refractivity contribution is 5.85. The predicted molar refractivity (Wildman–Crippen MR) is 88.8 cm³/mol. The molecular weight excluding hydrogens is 304 g/mol. The summed E-state index contributed by atoms with van der Waals surface area (Å²) < 4.78 is 10.7. The normalized spacial score (nSPS) is 17.0. The molecule has 0 spiro atoms. The molecule has 1 aromatic rings. The van der Waals surface area contributed by atoms with Gasteiger partial charge in [0.05, 0.1) is 13.7 Å². The van der Waals surface area contributed by atoms with E-state index in [2.05, 4.69) is 0 Å². The Morgan fingerprint density at radius 3 is 2.64 bits per heavy atom. The molecule has 1 fully saturated rings. The van der Waals surface area contributed by atoms with Crippen LogP contribution in [0, 0.1) is 0 Å². The summed E-state index contributed by atoms with van der Waals surface area (Å²) in [5, 5.41) is 0. The van der Waals surface area contributed by atoms with Crippen LogP contribution in [-0.4, -0.2) is 43.7 Å². The van der Waals surface area contributed by atoms with E-state index in [4.69, 9.17) is 15.2 Å². The molecule has 1 aliphatic rings. The van der Waals surface area contributed by atoms with E-state index >= 15 is 0 Å². The zero-order valence-corrected chi connectivity index (χ0v) is 13.8. The lowest BCUT2D eigenvalue weighted by Crippen LogP contribution is -2.39. The third-order valence-electron chi connectivity index (χ3n) is 3.83. The van der Waals surface area contributed by atoms with Crippen molar-refractivity contribution in [3.63, 3.8) is 0 Å². The van der Waals surface area contributed by atoms with Gasteiger partial charge in [-0.25, -0.2) is 0 Å². The van der Waals surface area contributed by atoms with Crippen molar-refractivity contribution in [2.45, 2.75) is 31.7 Å². The van der Waals surface area contributed by atoms with Crippen molar-refractivity contribution in [3.05, 3.63) is 24.3 Å². The number of carbonyl (C=O) groups excluding carboxylic acids is 1. The molecule has 1 aromatic carbocycles. The van der Waals surface area contributed by atoms with Crippen LogP contribution in [-0.2, 0) is 4.79 Å². The fourth-order valence-corrected chi connectivity index (χ4v) is 2.64. The van der Waals surface area contributed by atoms with E-state index in [9.17, 15) is 4.79 Å². The standard InChI is InChI=1S/C16H24N2O3.ClH/c1-20-14-6-8-15(9-7-14)21-11-3-5-16(19)18-10-2-4-13(18)12-17;/h6-9,13H,2-5,10-12,17H2,1H3;1H. The molecule has 1 amide bonds. The largest absolute Gasteiger partial charge is 0.497 e. The maximum absolute atomic E-state index is 12.1. The third kappa shape index (κ3) is 5.07. The Hall–Kier alpha value is -1.46. The molecule has 0 radical (unpaired) electrons. The highest BCUT2D eigenvalue weighted by Gasteiger charge is 2.26. The lowest BCUT2D eigenvalue weighted by Gasteiger charge is -2.23. The molecule has 1 saturated heterocycles. The minimum atomic E-state index is 0. The zero-order chi connectivity index (χ0) is 15.1. The predicted octanol–water partition coefficient (Wildman–Crippen LogP) is 2.23. The van der Waals surface area contributed by atoms with Gasteiger partial charge in [-0.05, 0) is 43.5 Å². The lowest BCUT2D eigenvalue weighted by atomic mass is 10.2. The summed E-state index contributed by atoms with van der Waals surface area (Å²) in [5.74, 6) is 1.80. The quantitative estimate of drug-likeness (QED) is 0.779. The van der Waals surface area contributed by atoms with Gasteiger partial charge in [-0.15, -0.1) is 12.4 Å². The average Bonchev–Trinajstić information content (AvgIpc) is 3.00. The smallest absolute Gasteiger partial charge is 0.222 e. The van der Waals surface area contributed by atoms with Crippen LogP contribution in [0.25, 0.3) is 0 Å². The molecule has 6 heteroatoms. The monoisotopic (exact) mass is 328 g/mol. The number of carbonyl (C=O) groups is 1. The van der Waals surface area contributed by atoms with E-state index < -0.39 is 0 Å². The van der Waals surface area contributed by atoms with Crippen LogP contribution in [0.4, 0.5) is 0 Å². The minimum Gasteiger partial charge on any atom is -0.497 e. The average molecular weight is 329 g/mol. The van der Waals surface area contributed by atoms with Crippen LogP contribution in [0.2, 0.25) is 0 Å². The molecule has 5 nitrogen and oxygen atoms in total. The Morgan fingerprint density at radius 1 is 1.32 bits per heavy atom. The number of hydrogen-bond acceptors (Lipinski definition) is 4. The van der Waals surface area contributed by atoms with Crippen molar-refractivity contribution in [2.75, 3.05) is 26.8 Å². The second-order valence-electron chi connectivity index (χ2n) is 5.25. The molecule has 0 aliphatic carbocycles. The van der Waals surface area contributed by atoms with Crippen molar-refractivity contribution >= 4 is 18.3 Å². The fourth-order valence-electron chi connectivity index (χ4n) is 2.64. The highest BCUT2D eigenvalue weighted by atomic mass is 35.5. The first-order chi connectivity index (χ1) is 10.2. The molecule has 1 heterocycles. The van der Waals surface area contributed by atoms with Crippen LogP contribution >= 0.6 is 12.4 Å². The van der Waals surface area contributed by atoms with Gasteiger partial charge in [-0.3, -0.25) is 4.79 Å². The molecular formula is C16H25ClN2O3. The second-order valence-corrected chi connectivity index (χ2v) is 5.25. The molecule has 1 unspecified atom stereocenters. The van der Waals surface area contributed by atoms with E-state index in [1.807, 2.05) is 29.2 Å². The van der Waals surface area contributed by atoms with Gasteiger partial charge in [0.15, 0.2) is 0 Å². The molecule has 1 atom stereocenters. The number of nitrogens with two attached hydrogens (primary N) is 1. The fraction of sp³-hybridized carbons (Fsp3) is 0.562. The number of halogens is 1. The number of benzene rings is 1. The highest BCUT2D eigenvalue weighted by Crippen LogP contribution is 2.19. The molecule has 124 valence electrons. The Bertz CT molecular complexity index is 453. The van der Waals surface area contributed by atoms with E-state index in [1.165, 1.54) is 0 Å². The van der Waals surface area contributed by atoms with Crippen molar-refractivity contribution in [1.82, 2.24) is 4.90 Å². The van der Waals surface area contributed by atoms with E-state index in [0.29, 0.717) is 19.6 Å². The lowest BCUT2D eigenvalue weighted by molar-refractivity contribution is -0.132. The molecule has 0 aromatic heterocycles. The second kappa shape index (κ2) is 9.54. The van der Waals surface area contributed by atoms with E-state index in [0.717, 1.165) is 37.3 Å². The van der Waals surface area contributed by atoms with Crippen LogP contribution in [0.5, 0.6) is 11.5 Å². The topological polar surface area (TPSA) is 64.8 Å². The van der Waals surface area contributed by atoms with Gasteiger partial charge in [0.25, 0.3) is 0 Å². The number of ether oxygens (including phenoxy) is 2. The van der Waals surface area contributed by atoms with E-state index in [-0.39, 0.29) is 24.4 Å². The Kier molecular flexibility index (Phi) is 8.06. The van der Waals surface area contributed by atoms with Crippen molar-refractivity contribution < 1.29 is 14.3 Å². The summed E-state index contributed by atoms with van der Waals surface area (Å²) in [6.45, 7) is 1.95. The Morgan fingerprint density at radius 2 is 2.00 bits per heavy atom. The van der Waals surface area contributed by atoms with Crippen molar-refractivity contribution in [1.29, 1.82) is 0 Å². The van der Waals surface area contributed by atoms with Crippen LogP contribution in [0.1, 0.15) is 25.7 Å². The van der Waals surface area contributed by atoms with Gasteiger partial charge in [0.1, 0.15) is 11.5 Å². The minimum absolute atomic E-state index is 0. The molecule has 22 heavy (non-hydrogen) atoms. The summed E-state index contributed by atoms with van der Waals surface area (Å²) >= 11 is 0. The van der Waals surface area contributed by atoms with Crippen molar-refractivity contribution in [2.24, 2.45) is 5.73 Å². The number of amides is 1. The third-order valence-corrected chi connectivity index (χ3v) is 3.83. The maximum Gasteiger partial charge on any atom is 0.222 e. The summed E-state index contributed by atoms with van der Waals surface area (Å²) in [7, 11) is 1.63. The maximum atomic E-state index is 12.1. The number of rotatable bonds is 7. The van der Waals surface area contributed by atoms with Gasteiger partial charge >= 0.3 is 0 Å². The molecule has 2 N–H and O–H groups in total. The summed E-state index contributed by atoms with van der Waals surface area (Å²) in [6, 6.07) is 7.68. The SMILES string of the molecule is COc1ccc(OCCCC(=O)N2CCCC2CN)cc1.Cl. The van der Waals surface area contributed by atoms with Gasteiger partial charge in [-0.1, -0.05) is 0 Å². The first-order valence-electron chi connectivity index (χ1n) is 7.51. The zero-order valence-electron chi connectivity index (χ0n) is 13.0. The first kappa shape index (κ1) is 18.6. The number of methoxy groups -OCH3 is 1. The summed E-state index contributed by atoms with van der Waals surface area (Å²) in [4.78, 5) is 14.0. The van der Waals surface area contributed by atoms with Crippen molar-refractivity contribution in [3.8, 4) is 11.5 Å². The van der Waals surface area contributed by atoms with Crippen LogP contribution in [0.15, 0.2) is 24.3 Å². The summed E-state index contributed by atoms with van der Waals surface area (Å²) in [6.07, 6.45) is 3.34. The molecule has 1 aliphatic heterocycles. The number of likely N-dealkylation sites (tertiary alicyclic amines) is 1. The van der Waals surface area contributed by atoms with Gasteiger partial charge in [0, 0.05) is 25.6 Å². The van der Waals surface area contributed by atoms with E-state index in [1.54, 1.807) is 7.11 Å².